The summed E-state index contributed by atoms with van der Waals surface area (Å²) in [4.78, 5) is 10.5. The number of unbranched alkanes of at least 4 members (excludes halogenated alkanes) is 3. The van der Waals surface area contributed by atoms with Crippen LogP contribution in [0.25, 0.3) is 0 Å². The van der Waals surface area contributed by atoms with Gasteiger partial charge in [0.2, 0.25) is 0 Å². The zero-order valence-electron chi connectivity index (χ0n) is 9.21. The quantitative estimate of drug-likeness (QED) is 0.355. The number of rotatable bonds is 7. The number of carbonyl (C=O) groups excluding carboxylic acids is 1. The van der Waals surface area contributed by atoms with Gasteiger partial charge in [-0.15, -0.1) is 0 Å². The second-order valence-corrected chi connectivity index (χ2v) is 3.96. The van der Waals surface area contributed by atoms with Crippen LogP contribution in [-0.2, 0) is 9.53 Å². The Morgan fingerprint density at radius 3 is 2.86 bits per heavy atom. The molecule has 0 bridgehead atoms. The Kier molecular flexibility index (Phi) is 4.71. The van der Waals surface area contributed by atoms with Crippen LogP contribution in [0.15, 0.2) is 11.6 Å². The van der Waals surface area contributed by atoms with E-state index in [0.29, 0.717) is 12.5 Å². The topological polar surface area (TPSA) is 26.3 Å². The summed E-state index contributed by atoms with van der Waals surface area (Å²) in [7, 11) is 0. The zero-order chi connectivity index (χ0) is 10.4. The molecule has 0 heterocycles. The van der Waals surface area contributed by atoms with Crippen LogP contribution in [0.1, 0.15) is 46.0 Å². The van der Waals surface area contributed by atoms with E-state index in [1.807, 2.05) is 0 Å². The Balaban J connectivity index is 1.92. The van der Waals surface area contributed by atoms with Gasteiger partial charge in [-0.25, -0.2) is 0 Å². The van der Waals surface area contributed by atoms with E-state index < -0.39 is 0 Å². The first-order valence-electron chi connectivity index (χ1n) is 5.58. The first kappa shape index (κ1) is 11.3. The number of esters is 1. The van der Waals surface area contributed by atoms with E-state index in [-0.39, 0.29) is 5.97 Å². The Morgan fingerprint density at radius 2 is 2.21 bits per heavy atom. The van der Waals surface area contributed by atoms with Crippen molar-refractivity contribution in [1.82, 2.24) is 0 Å². The summed E-state index contributed by atoms with van der Waals surface area (Å²) in [6.07, 6.45) is 8.66. The van der Waals surface area contributed by atoms with Crippen LogP contribution in [0.2, 0.25) is 0 Å². The summed E-state index contributed by atoms with van der Waals surface area (Å²) in [6, 6.07) is 0. The van der Waals surface area contributed by atoms with E-state index in [0.717, 1.165) is 0 Å². The molecule has 0 aromatic heterocycles. The maximum Gasteiger partial charge on any atom is 0.302 e. The fourth-order valence-corrected chi connectivity index (χ4v) is 1.60. The van der Waals surface area contributed by atoms with Crippen LogP contribution in [0, 0.1) is 5.92 Å². The van der Waals surface area contributed by atoms with Crippen molar-refractivity contribution in [3.05, 3.63) is 11.6 Å². The van der Waals surface area contributed by atoms with Crippen LogP contribution in [0.3, 0.4) is 0 Å². The van der Waals surface area contributed by atoms with E-state index >= 15 is 0 Å². The third-order valence-electron chi connectivity index (χ3n) is 2.57. The van der Waals surface area contributed by atoms with Crippen molar-refractivity contribution < 1.29 is 9.53 Å². The molecule has 0 radical (unpaired) electrons. The third kappa shape index (κ3) is 4.45. The molecular weight excluding hydrogens is 176 g/mol. The third-order valence-corrected chi connectivity index (χ3v) is 2.57. The fraction of sp³-hybridized carbons (Fsp3) is 0.750. The molecule has 0 unspecified atom stereocenters. The van der Waals surface area contributed by atoms with Crippen LogP contribution >= 0.6 is 0 Å². The largest absolute Gasteiger partial charge is 0.465 e. The molecule has 0 amide bonds. The smallest absolute Gasteiger partial charge is 0.302 e. The van der Waals surface area contributed by atoms with E-state index in [2.05, 4.69) is 13.0 Å². The summed E-state index contributed by atoms with van der Waals surface area (Å²) in [5, 5.41) is 0. The molecule has 0 N–H and O–H groups in total. The number of hydrogen-bond donors (Lipinski definition) is 0. The van der Waals surface area contributed by atoms with Crippen molar-refractivity contribution in [3.63, 3.8) is 0 Å². The predicted molar refractivity (Wildman–Crippen MR) is 57.0 cm³/mol. The van der Waals surface area contributed by atoms with Gasteiger partial charge in [0.15, 0.2) is 0 Å². The van der Waals surface area contributed by atoms with Gasteiger partial charge >= 0.3 is 5.97 Å². The van der Waals surface area contributed by atoms with Gasteiger partial charge in [0.05, 0.1) is 0 Å². The molecule has 0 aromatic carbocycles. The predicted octanol–water partition coefficient (Wildman–Crippen LogP) is 3.08. The molecule has 1 atom stereocenters. The van der Waals surface area contributed by atoms with E-state index in [4.69, 9.17) is 4.74 Å². The van der Waals surface area contributed by atoms with Crippen LogP contribution < -0.4 is 0 Å². The van der Waals surface area contributed by atoms with Crippen molar-refractivity contribution in [2.45, 2.75) is 46.0 Å². The van der Waals surface area contributed by atoms with Gasteiger partial charge in [-0.2, -0.15) is 0 Å². The second-order valence-electron chi connectivity index (χ2n) is 3.96. The second kappa shape index (κ2) is 5.84. The standard InChI is InChI=1S/C12H20O2/c1-3-4-5-6-7-11-8-12(11)9-14-10(2)13/h8,12H,3-7,9H2,1-2H3/t12-/m1/s1. The van der Waals surface area contributed by atoms with Gasteiger partial charge in [-0.3, -0.25) is 4.79 Å². The zero-order valence-corrected chi connectivity index (χ0v) is 9.21. The summed E-state index contributed by atoms with van der Waals surface area (Å²) in [5.74, 6) is 0.302. The summed E-state index contributed by atoms with van der Waals surface area (Å²) in [6.45, 7) is 4.25. The summed E-state index contributed by atoms with van der Waals surface area (Å²) in [5.41, 5.74) is 1.49. The highest BCUT2D eigenvalue weighted by Crippen LogP contribution is 2.33. The van der Waals surface area contributed by atoms with E-state index in [9.17, 15) is 4.79 Å². The Morgan fingerprint density at radius 1 is 1.43 bits per heavy atom. The molecule has 80 valence electrons. The van der Waals surface area contributed by atoms with Crippen LogP contribution in [-0.4, -0.2) is 12.6 Å². The molecule has 2 heteroatoms. The first-order chi connectivity index (χ1) is 6.74. The average Bonchev–Trinajstić information content (AvgIpc) is 2.88. The van der Waals surface area contributed by atoms with Crippen molar-refractivity contribution in [1.29, 1.82) is 0 Å². The fourth-order valence-electron chi connectivity index (χ4n) is 1.60. The van der Waals surface area contributed by atoms with Crippen molar-refractivity contribution in [2.24, 2.45) is 5.92 Å². The van der Waals surface area contributed by atoms with E-state index in [1.54, 1.807) is 0 Å². The minimum absolute atomic E-state index is 0.171. The van der Waals surface area contributed by atoms with Crippen LogP contribution in [0.5, 0.6) is 0 Å². The molecule has 0 aliphatic heterocycles. The average molecular weight is 196 g/mol. The Labute approximate surface area is 86.3 Å². The first-order valence-corrected chi connectivity index (χ1v) is 5.58. The molecule has 14 heavy (non-hydrogen) atoms. The minimum atomic E-state index is -0.171. The van der Waals surface area contributed by atoms with Crippen molar-refractivity contribution >= 4 is 5.97 Å². The molecule has 0 spiro atoms. The van der Waals surface area contributed by atoms with Gasteiger partial charge in [0.1, 0.15) is 6.61 Å². The maximum absolute atomic E-state index is 10.5. The molecule has 0 fully saturated rings. The van der Waals surface area contributed by atoms with Gasteiger partial charge < -0.3 is 4.74 Å². The number of ether oxygens (including phenoxy) is 1. The lowest BCUT2D eigenvalue weighted by Crippen LogP contribution is -2.03. The molecule has 0 saturated heterocycles. The normalized spacial score (nSPS) is 19.0. The van der Waals surface area contributed by atoms with Crippen molar-refractivity contribution in [2.75, 3.05) is 6.61 Å². The van der Waals surface area contributed by atoms with Gasteiger partial charge in [0.25, 0.3) is 0 Å². The Bertz CT molecular complexity index is 218. The lowest BCUT2D eigenvalue weighted by Gasteiger charge is -2.01. The lowest BCUT2D eigenvalue weighted by atomic mass is 10.1. The van der Waals surface area contributed by atoms with Crippen LogP contribution in [0.4, 0.5) is 0 Å². The minimum Gasteiger partial charge on any atom is -0.465 e. The summed E-state index contributed by atoms with van der Waals surface area (Å²) >= 11 is 0. The monoisotopic (exact) mass is 196 g/mol. The molecule has 1 aliphatic carbocycles. The lowest BCUT2D eigenvalue weighted by molar-refractivity contribution is -0.141. The Hall–Kier alpha value is -0.790. The highest BCUT2D eigenvalue weighted by Gasteiger charge is 2.24. The summed E-state index contributed by atoms with van der Waals surface area (Å²) < 4.78 is 4.93. The van der Waals surface area contributed by atoms with Gasteiger partial charge in [-0.05, 0) is 12.8 Å². The molecule has 2 nitrogen and oxygen atoms in total. The van der Waals surface area contributed by atoms with Crippen molar-refractivity contribution in [3.8, 4) is 0 Å². The molecule has 0 saturated carbocycles. The number of hydrogen-bond acceptors (Lipinski definition) is 2. The van der Waals surface area contributed by atoms with E-state index in [1.165, 1.54) is 44.6 Å². The maximum atomic E-state index is 10.5. The number of carbonyl (C=O) groups is 1. The highest BCUT2D eigenvalue weighted by atomic mass is 16.5. The molecule has 1 aliphatic rings. The SMILES string of the molecule is CCCCCCC1=C[C@@H]1COC(C)=O. The highest BCUT2D eigenvalue weighted by molar-refractivity contribution is 5.66. The molecular formula is C12H20O2. The molecule has 0 aromatic rings. The van der Waals surface area contributed by atoms with Gasteiger partial charge in [-0.1, -0.05) is 37.8 Å². The molecule has 1 rings (SSSR count). The van der Waals surface area contributed by atoms with Gasteiger partial charge in [0, 0.05) is 12.8 Å².